The van der Waals surface area contributed by atoms with E-state index in [1.165, 1.54) is 75.9 Å². The zero-order valence-electron chi connectivity index (χ0n) is 60.3. The lowest BCUT2D eigenvalue weighted by atomic mass is 9.75. The third-order valence-corrected chi connectivity index (χ3v) is 21.4. The van der Waals surface area contributed by atoms with Crippen molar-refractivity contribution in [3.05, 3.63) is 264 Å². The molecule has 0 unspecified atom stereocenters. The topological polar surface area (TPSA) is 140 Å². The number of carbonyl (C=O) groups excluding carboxylic acids is 4. The van der Waals surface area contributed by atoms with Crippen molar-refractivity contribution in [1.29, 1.82) is 5.26 Å². The molecule has 27 heteroatoms. The van der Waals surface area contributed by atoms with Crippen LogP contribution in [0.2, 0.25) is 5.02 Å². The Kier molecular flexibility index (Phi) is 22.0. The van der Waals surface area contributed by atoms with E-state index in [1.54, 1.807) is 113 Å². The number of nitrogens with zero attached hydrogens (tertiary/aromatic N) is 14. The van der Waals surface area contributed by atoms with Gasteiger partial charge in [0.05, 0.1) is 66.6 Å². The maximum absolute atomic E-state index is 14.9. The van der Waals surface area contributed by atoms with Crippen LogP contribution in [-0.4, -0.2) is 66.2 Å². The third-order valence-electron chi connectivity index (χ3n) is 19.6. The number of amides is 4. The molecule has 5 fully saturated rings. The van der Waals surface area contributed by atoms with Crippen molar-refractivity contribution in [3.63, 3.8) is 0 Å². The van der Waals surface area contributed by atoms with E-state index >= 15 is 0 Å². The van der Waals surface area contributed by atoms with Crippen LogP contribution >= 0.6 is 60.5 Å². The number of carbonyl (C=O) groups is 4. The molecule has 8 aromatic carbocycles. The summed E-state index contributed by atoms with van der Waals surface area (Å²) in [5.74, 6) is -3.80. The first-order valence-electron chi connectivity index (χ1n) is 33.2. The molecule has 0 bridgehead atoms. The zero-order valence-corrected chi connectivity index (χ0v) is 64.3. The Labute approximate surface area is 649 Å². The molecule has 4 aliphatic heterocycles. The van der Waals surface area contributed by atoms with Gasteiger partial charge in [-0.3, -0.25) is 48.5 Å². The molecule has 4 heterocycles. The summed E-state index contributed by atoms with van der Waals surface area (Å²) in [6, 6.07) is 40.4. The van der Waals surface area contributed by atoms with Crippen LogP contribution in [0.1, 0.15) is 99.7 Å². The lowest BCUT2D eigenvalue weighted by Crippen LogP contribution is -2.55. The highest BCUT2D eigenvalue weighted by atomic mass is 35.5. The fourth-order valence-corrected chi connectivity index (χ4v) is 15.2. The summed E-state index contributed by atoms with van der Waals surface area (Å²) in [6.45, 7) is 56.6. The van der Waals surface area contributed by atoms with Crippen molar-refractivity contribution in [2.45, 2.75) is 125 Å². The molecule has 18 nitrogen and oxygen atoms in total. The van der Waals surface area contributed by atoms with Crippen LogP contribution in [0.4, 0.5) is 91.5 Å². The van der Waals surface area contributed by atoms with Gasteiger partial charge in [-0.2, -0.15) is 5.26 Å². The number of thiocarbonyl (C=S) groups is 4. The molecule has 13 rings (SSSR count). The summed E-state index contributed by atoms with van der Waals surface area (Å²) in [5, 5.41) is 9.38. The normalized spacial score (nSPS) is 16.3. The number of hydrogen-bond donors (Lipinski definition) is 0. The van der Waals surface area contributed by atoms with Gasteiger partial charge in [0, 0.05) is 28.4 Å². The molecule has 4 amide bonds. The molecule has 0 N–H and O–H groups in total. The van der Waals surface area contributed by atoms with Gasteiger partial charge >= 0.3 is 0 Å². The van der Waals surface area contributed by atoms with Crippen molar-refractivity contribution < 1.29 is 36.7 Å². The quantitative estimate of drug-likeness (QED) is 0.0811. The molecule has 0 aromatic heterocycles. The van der Waals surface area contributed by atoms with Gasteiger partial charge in [-0.25, -0.2) is 32.1 Å². The molecule has 542 valence electrons. The number of rotatable bonds is 8. The van der Waals surface area contributed by atoms with Gasteiger partial charge in [0.2, 0.25) is 5.69 Å². The highest BCUT2D eigenvalue weighted by molar-refractivity contribution is 7.81. The first-order chi connectivity index (χ1) is 51.0. The van der Waals surface area contributed by atoms with E-state index < -0.39 is 51.3 Å². The first kappa shape index (κ1) is 78.7. The SMILES string of the molecule is [C-]#[N+]c1ccc(N2C(=O)C(C)(C)N(c3ccc(C#N)cc3)C2=S)c(F)c1C.[C-]#[N+]c1ccc(N2C(=O)C(C)(C)N(c3ccc(C)c(C)c3)C2=S)c(F)c1C.[C-]#[N+]c1ccc(N2C(=O)C(C)(C)N(c3ccc(C)c(F)c3)C2=S)c(F)c1Cl.[C-]#[N+]c1ccc(N2C(=O)C3(CCC3)N(c3ccc(C)cc3)C2=S)cc1[N+]#[C-]. The summed E-state index contributed by atoms with van der Waals surface area (Å²) < 4.78 is 58.6. The second-order valence-electron chi connectivity index (χ2n) is 27.3. The number of anilines is 8. The van der Waals surface area contributed by atoms with Crippen LogP contribution in [0.5, 0.6) is 0 Å². The van der Waals surface area contributed by atoms with Crippen LogP contribution < -0.4 is 39.2 Å². The maximum atomic E-state index is 14.9. The van der Waals surface area contributed by atoms with Gasteiger partial charge in [0.25, 0.3) is 23.6 Å². The first-order valence-corrected chi connectivity index (χ1v) is 35.2. The number of hydrogen-bond acceptors (Lipinski definition) is 9. The monoisotopic (exact) mass is 1540 g/mol. The standard InChI is InChI=1S/C21H20FN3OS.C21H16N4OS.C20H15FN4OS.C19H14ClF2N3OS/c1-12-7-8-15(11-13(12)2)25-20(27)24(19(26)21(25,4)5)17-10-9-16(23-6)14(3)18(17)22;1-14-5-7-15(8-6-14)25-20(27)24(19(26)21(25)11-4-12-21)16-9-10-17(22-2)18(13-16)23-3;1-12-15(23-4)9-10-16(17(12)21)24-18(26)20(2,3)25(19(24)27)14-7-5-13(11-22)6-8-14;1-10-5-6-11(9-12(10)21)25-18(27)24(17(26)19(25,2)3)14-8-7-13(23-4)15(20)16(14)22/h7-11H,1-5H3;5-10,13H,4,11-12H2,1H3;5-10H,1-3H3;5-9H,1-3H3. The Bertz CT molecular complexity index is 5330. The van der Waals surface area contributed by atoms with Crippen LogP contribution in [0.15, 0.2) is 140 Å². The predicted octanol–water partition coefficient (Wildman–Crippen LogP) is 20.2. The second-order valence-corrected chi connectivity index (χ2v) is 29.2. The average Bonchev–Trinajstić information content (AvgIpc) is 1.56. The minimum Gasteiger partial charge on any atom is -0.304 e. The number of aryl methyl sites for hydroxylation is 4. The van der Waals surface area contributed by atoms with Crippen LogP contribution in [-0.2, 0) is 19.2 Å². The van der Waals surface area contributed by atoms with Crippen molar-refractivity contribution in [3.8, 4) is 6.07 Å². The smallest absolute Gasteiger partial charge is 0.259 e. The van der Waals surface area contributed by atoms with E-state index in [-0.39, 0.29) is 94.7 Å². The van der Waals surface area contributed by atoms with Gasteiger partial charge in [-0.05, 0) is 264 Å². The molecule has 108 heavy (non-hydrogen) atoms. The molecule has 4 saturated heterocycles. The molecule has 0 radical (unpaired) electrons. The van der Waals surface area contributed by atoms with Gasteiger partial charge < -0.3 is 19.6 Å². The van der Waals surface area contributed by atoms with Crippen molar-refractivity contribution in [2.75, 3.05) is 39.2 Å². The van der Waals surface area contributed by atoms with Crippen molar-refractivity contribution >= 4 is 178 Å². The Morgan fingerprint density at radius 1 is 0.407 bits per heavy atom. The predicted molar refractivity (Wildman–Crippen MR) is 430 cm³/mol. The van der Waals surface area contributed by atoms with Crippen molar-refractivity contribution in [2.24, 2.45) is 0 Å². The lowest BCUT2D eigenvalue weighted by molar-refractivity contribution is -0.124. The van der Waals surface area contributed by atoms with Gasteiger partial charge in [-0.1, -0.05) is 71.8 Å². The summed E-state index contributed by atoms with van der Waals surface area (Å²) in [4.78, 5) is 81.0. The van der Waals surface area contributed by atoms with E-state index in [4.69, 9.17) is 98.6 Å². The molecule has 1 aliphatic carbocycles. The molecular weight excluding hydrogens is 1470 g/mol. The Morgan fingerprint density at radius 2 is 0.778 bits per heavy atom. The summed E-state index contributed by atoms with van der Waals surface area (Å²) in [7, 11) is 0. The Morgan fingerprint density at radius 3 is 1.19 bits per heavy atom. The van der Waals surface area contributed by atoms with E-state index in [0.29, 0.717) is 33.3 Å². The van der Waals surface area contributed by atoms with E-state index in [1.807, 2.05) is 74.2 Å². The molecule has 5 aliphatic rings. The Balaban J connectivity index is 0.000000154. The molecular formula is C81H65ClF4N14O4S4. The van der Waals surface area contributed by atoms with Crippen LogP contribution in [0, 0.1) is 109 Å². The van der Waals surface area contributed by atoms with Crippen LogP contribution in [0.3, 0.4) is 0 Å². The van der Waals surface area contributed by atoms with Crippen LogP contribution in [0.25, 0.3) is 24.2 Å². The summed E-state index contributed by atoms with van der Waals surface area (Å²) in [6.07, 6.45) is 2.49. The fourth-order valence-electron chi connectivity index (χ4n) is 13.0. The largest absolute Gasteiger partial charge is 0.304 e. The minimum atomic E-state index is -1.17. The molecule has 0 atom stereocenters. The lowest BCUT2D eigenvalue weighted by Gasteiger charge is -2.43. The minimum absolute atomic E-state index is 0.00113. The van der Waals surface area contributed by atoms with Gasteiger partial charge in [-0.15, -0.1) is 0 Å². The summed E-state index contributed by atoms with van der Waals surface area (Å²) in [5.41, 5.74) is 4.97. The molecule has 1 saturated carbocycles. The second kappa shape index (κ2) is 30.2. The number of nitriles is 1. The van der Waals surface area contributed by atoms with Crippen molar-refractivity contribution in [1.82, 2.24) is 0 Å². The highest BCUT2D eigenvalue weighted by Crippen LogP contribution is 2.50. The highest BCUT2D eigenvalue weighted by Gasteiger charge is 2.60. The maximum Gasteiger partial charge on any atom is 0.259 e. The van der Waals surface area contributed by atoms with E-state index in [2.05, 4.69) is 24.2 Å². The fraction of sp³-hybridized carbons (Fsp3) is 0.235. The number of benzene rings is 8. The third kappa shape index (κ3) is 13.5. The summed E-state index contributed by atoms with van der Waals surface area (Å²) >= 11 is 28.2. The molecule has 1 spiro atoms. The average molecular weight is 1540 g/mol. The van der Waals surface area contributed by atoms with Gasteiger partial charge in [0.1, 0.15) is 39.6 Å². The van der Waals surface area contributed by atoms with E-state index in [9.17, 15) is 36.7 Å². The number of halogens is 5. The van der Waals surface area contributed by atoms with E-state index in [0.717, 1.165) is 52.2 Å². The van der Waals surface area contributed by atoms with Gasteiger partial charge in [0.15, 0.2) is 49.0 Å². The molecule has 8 aromatic rings. The zero-order chi connectivity index (χ0) is 79.3. The Hall–Kier alpha value is -11.9.